The lowest BCUT2D eigenvalue weighted by atomic mass is 10.0. The fourth-order valence-electron chi connectivity index (χ4n) is 3.34. The third kappa shape index (κ3) is 12.6. The van der Waals surface area contributed by atoms with Crippen LogP contribution in [0.1, 0.15) is 83.4 Å². The Morgan fingerprint density at radius 3 is 0.889 bits per heavy atom. The Hall–Kier alpha value is -3.81. The molecule has 248 valence electrons. The summed E-state index contributed by atoms with van der Waals surface area (Å²) in [7, 11) is 0. The lowest BCUT2D eigenvalue weighted by molar-refractivity contribution is -0.144. The molecule has 0 bridgehead atoms. The van der Waals surface area contributed by atoms with Crippen LogP contribution >= 0.6 is 0 Å². The Morgan fingerprint density at radius 2 is 0.711 bits per heavy atom. The number of hydrogen-bond donors (Lipinski definition) is 3. The van der Waals surface area contributed by atoms with Crippen molar-refractivity contribution in [2.24, 2.45) is 17.2 Å². The van der Waals surface area contributed by atoms with Gasteiger partial charge in [-0.1, -0.05) is 12.1 Å². The maximum absolute atomic E-state index is 12.4. The van der Waals surface area contributed by atoms with E-state index in [-0.39, 0.29) is 29.3 Å². The highest BCUT2D eigenvalue weighted by atomic mass is 19.4. The molecule has 0 fully saturated rings. The molecule has 0 saturated carbocycles. The molecule has 3 rings (SSSR count). The normalized spacial score (nSPS) is 14.2. The van der Waals surface area contributed by atoms with Crippen molar-refractivity contribution in [3.8, 4) is 6.07 Å². The van der Waals surface area contributed by atoms with Crippen molar-refractivity contribution in [3.63, 3.8) is 0 Å². The van der Waals surface area contributed by atoms with E-state index in [0.29, 0.717) is 29.8 Å². The van der Waals surface area contributed by atoms with Gasteiger partial charge < -0.3 is 17.2 Å². The first-order valence-electron chi connectivity index (χ1n) is 12.6. The second-order valence-electron chi connectivity index (χ2n) is 9.78. The van der Waals surface area contributed by atoms with Crippen LogP contribution in [-0.2, 0) is 24.7 Å². The van der Waals surface area contributed by atoms with Gasteiger partial charge >= 0.3 is 24.7 Å². The van der Waals surface area contributed by atoms with E-state index < -0.39 is 59.0 Å². The van der Waals surface area contributed by atoms with Crippen LogP contribution in [0, 0.1) is 11.3 Å². The maximum atomic E-state index is 12.4. The summed E-state index contributed by atoms with van der Waals surface area (Å²) in [4.78, 5) is 0. The van der Waals surface area contributed by atoms with Gasteiger partial charge in [-0.2, -0.15) is 57.9 Å². The zero-order chi connectivity index (χ0) is 35.1. The molecule has 0 heterocycles. The summed E-state index contributed by atoms with van der Waals surface area (Å²) in [5.74, 6) is 0. The number of nitriles is 1. The van der Waals surface area contributed by atoms with Gasteiger partial charge in [0.1, 0.15) is 0 Å². The Morgan fingerprint density at radius 1 is 0.467 bits per heavy atom. The molecule has 0 radical (unpaired) electrons. The van der Waals surface area contributed by atoms with Gasteiger partial charge in [-0.15, -0.1) is 0 Å². The van der Waals surface area contributed by atoms with Crippen molar-refractivity contribution in [3.05, 3.63) is 105 Å². The molecule has 3 atom stereocenters. The van der Waals surface area contributed by atoms with Gasteiger partial charge in [-0.3, -0.25) is 0 Å². The minimum Gasteiger partial charge on any atom is -0.324 e. The van der Waals surface area contributed by atoms with Crippen LogP contribution in [0.15, 0.2) is 60.7 Å². The van der Waals surface area contributed by atoms with E-state index in [1.807, 2.05) is 19.1 Å². The summed E-state index contributed by atoms with van der Waals surface area (Å²) in [5, 5.41) is 8.49. The predicted molar refractivity (Wildman–Crippen MR) is 142 cm³/mol. The lowest BCUT2D eigenvalue weighted by Gasteiger charge is -2.15. The maximum Gasteiger partial charge on any atom is 0.416 e. The smallest absolute Gasteiger partial charge is 0.324 e. The predicted octanol–water partition coefficient (Wildman–Crippen LogP) is 9.07. The van der Waals surface area contributed by atoms with Crippen molar-refractivity contribution in [2.45, 2.75) is 63.6 Å². The zero-order valence-electron chi connectivity index (χ0n) is 23.7. The average molecular weight is 661 g/mol. The van der Waals surface area contributed by atoms with Gasteiger partial charge in [-0.25, -0.2) is 0 Å². The van der Waals surface area contributed by atoms with Crippen molar-refractivity contribution in [1.82, 2.24) is 0 Å². The Labute approximate surface area is 250 Å². The fraction of sp³-hybridized carbons (Fsp3) is 0.345. The average Bonchev–Trinajstić information content (AvgIpc) is 2.91. The third-order valence-electron chi connectivity index (χ3n) is 5.84. The first-order chi connectivity index (χ1) is 20.3. The van der Waals surface area contributed by atoms with E-state index in [2.05, 4.69) is 6.07 Å². The number of nitrogens with zero attached hydrogens (tertiary/aromatic N) is 1. The molecule has 3 aromatic rings. The molecule has 0 aliphatic carbocycles. The molecule has 1 unspecified atom stereocenters. The van der Waals surface area contributed by atoms with E-state index in [1.54, 1.807) is 12.1 Å². The molecule has 16 heteroatoms. The van der Waals surface area contributed by atoms with Gasteiger partial charge in [0.05, 0.1) is 33.9 Å². The number of nitrogens with two attached hydrogens (primary N) is 3. The summed E-state index contributed by atoms with van der Waals surface area (Å²) >= 11 is 0. The molecule has 0 aliphatic heterocycles. The molecule has 0 saturated heterocycles. The quantitative estimate of drug-likeness (QED) is 0.244. The van der Waals surface area contributed by atoms with Crippen LogP contribution in [-0.4, -0.2) is 0 Å². The van der Waals surface area contributed by atoms with Crippen LogP contribution in [0.3, 0.4) is 0 Å². The highest BCUT2D eigenvalue weighted by molar-refractivity contribution is 5.36. The van der Waals surface area contributed by atoms with Crippen molar-refractivity contribution < 1.29 is 52.7 Å². The molecule has 0 spiro atoms. The molecular formula is C29H28F12N4. The standard InChI is InChI=1S/2C10H9F6N.C9H10N2/c2*1-5(17)6-2-7(9(11,12)13)4-8(3-6)10(14,15)16;1-7(11)9-4-2-8(6-10)3-5-9/h2*2-5H,17H2,1H3;2-5,7H,11H2,1H3/t5-;;7-/m0.0/s1. The summed E-state index contributed by atoms with van der Waals surface area (Å²) in [6.07, 6.45) is -19.3. The Bertz CT molecular complexity index is 1280. The van der Waals surface area contributed by atoms with Crippen molar-refractivity contribution in [1.29, 1.82) is 5.26 Å². The van der Waals surface area contributed by atoms with Crippen LogP contribution in [0.25, 0.3) is 0 Å². The fourth-order valence-corrected chi connectivity index (χ4v) is 3.34. The number of halogens is 12. The topological polar surface area (TPSA) is 102 Å². The summed E-state index contributed by atoms with van der Waals surface area (Å²) < 4.78 is 149. The zero-order valence-corrected chi connectivity index (χ0v) is 23.7. The molecule has 3 aromatic carbocycles. The van der Waals surface area contributed by atoms with E-state index in [9.17, 15) is 52.7 Å². The first kappa shape index (κ1) is 39.2. The molecule has 0 aromatic heterocycles. The van der Waals surface area contributed by atoms with E-state index in [1.165, 1.54) is 13.8 Å². The molecule has 6 N–H and O–H groups in total. The van der Waals surface area contributed by atoms with Crippen LogP contribution in [0.4, 0.5) is 52.7 Å². The summed E-state index contributed by atoms with van der Waals surface area (Å²) in [6.45, 7) is 4.55. The molecule has 45 heavy (non-hydrogen) atoms. The number of benzene rings is 3. The molecular weight excluding hydrogens is 632 g/mol. The van der Waals surface area contributed by atoms with E-state index >= 15 is 0 Å². The highest BCUT2D eigenvalue weighted by Gasteiger charge is 2.38. The molecule has 0 aliphatic rings. The second-order valence-corrected chi connectivity index (χ2v) is 9.78. The number of alkyl halides is 12. The third-order valence-corrected chi connectivity index (χ3v) is 5.84. The summed E-state index contributed by atoms with van der Waals surface area (Å²) in [6, 6.07) is 10.2. The van der Waals surface area contributed by atoms with Crippen molar-refractivity contribution >= 4 is 0 Å². The summed E-state index contributed by atoms with van der Waals surface area (Å²) in [5.41, 5.74) is 12.2. The highest BCUT2D eigenvalue weighted by Crippen LogP contribution is 2.38. The van der Waals surface area contributed by atoms with Gasteiger partial charge in [0.15, 0.2) is 0 Å². The van der Waals surface area contributed by atoms with Gasteiger partial charge in [0, 0.05) is 18.1 Å². The van der Waals surface area contributed by atoms with E-state index in [4.69, 9.17) is 22.5 Å². The van der Waals surface area contributed by atoms with Crippen LogP contribution in [0.5, 0.6) is 0 Å². The molecule has 4 nitrogen and oxygen atoms in total. The largest absolute Gasteiger partial charge is 0.416 e. The van der Waals surface area contributed by atoms with Crippen LogP contribution in [0.2, 0.25) is 0 Å². The van der Waals surface area contributed by atoms with Gasteiger partial charge in [-0.05, 0) is 86.0 Å². The van der Waals surface area contributed by atoms with Gasteiger partial charge in [0.25, 0.3) is 0 Å². The minimum atomic E-state index is -4.83. The first-order valence-corrected chi connectivity index (χ1v) is 12.6. The minimum absolute atomic E-state index is 0.0442. The Kier molecular flexibility index (Phi) is 13.1. The van der Waals surface area contributed by atoms with Crippen LogP contribution < -0.4 is 17.2 Å². The Balaban J connectivity index is 0.000000346. The van der Waals surface area contributed by atoms with Gasteiger partial charge in [0.2, 0.25) is 0 Å². The number of rotatable bonds is 3. The lowest BCUT2D eigenvalue weighted by Crippen LogP contribution is -2.14. The second kappa shape index (κ2) is 15.0. The van der Waals surface area contributed by atoms with Crippen molar-refractivity contribution in [2.75, 3.05) is 0 Å². The van der Waals surface area contributed by atoms with E-state index in [0.717, 1.165) is 5.56 Å². The number of hydrogen-bond acceptors (Lipinski definition) is 4. The molecule has 0 amide bonds. The SMILES string of the molecule is CC(N)c1cc(C(F)(F)F)cc(C(F)(F)F)c1.C[C@H](N)c1cc(C(F)(F)F)cc(C(F)(F)F)c1.C[C@H](N)c1ccc(C#N)cc1. The monoisotopic (exact) mass is 660 g/mol.